The third-order valence-electron chi connectivity index (χ3n) is 2.79. The smallest absolute Gasteiger partial charge is 0.226 e. The number of nitrogens with one attached hydrogen (secondary N) is 1. The van der Waals surface area contributed by atoms with Crippen molar-refractivity contribution in [2.24, 2.45) is 11.1 Å². The van der Waals surface area contributed by atoms with Crippen LogP contribution >= 0.6 is 39.1 Å². The lowest BCUT2D eigenvalue weighted by Crippen LogP contribution is -2.38. The summed E-state index contributed by atoms with van der Waals surface area (Å²) in [5.41, 5.74) is 6.25. The average Bonchev–Trinajstić information content (AvgIpc) is 2.21. The zero-order valence-corrected chi connectivity index (χ0v) is 14.2. The van der Waals surface area contributed by atoms with Gasteiger partial charge < -0.3 is 11.1 Å². The molecule has 1 aromatic carbocycles. The lowest BCUT2D eigenvalue weighted by molar-refractivity contribution is -0.117. The van der Waals surface area contributed by atoms with Crippen LogP contribution in [0.25, 0.3) is 0 Å². The van der Waals surface area contributed by atoms with Crippen molar-refractivity contribution in [3.63, 3.8) is 0 Å². The molecule has 0 aliphatic rings. The second-order valence-electron chi connectivity index (χ2n) is 5.47. The van der Waals surface area contributed by atoms with Gasteiger partial charge in [-0.05, 0) is 17.5 Å². The molecule has 0 bridgehead atoms. The summed E-state index contributed by atoms with van der Waals surface area (Å²) in [5.74, 6) is -0.200. The van der Waals surface area contributed by atoms with Crippen molar-refractivity contribution >= 4 is 50.7 Å². The van der Waals surface area contributed by atoms with Gasteiger partial charge in [-0.2, -0.15) is 0 Å². The van der Waals surface area contributed by atoms with E-state index >= 15 is 0 Å². The van der Waals surface area contributed by atoms with Crippen LogP contribution < -0.4 is 11.1 Å². The largest absolute Gasteiger partial charge is 0.327 e. The fourth-order valence-electron chi connectivity index (χ4n) is 1.36. The van der Waals surface area contributed by atoms with Gasteiger partial charge in [0.05, 0.1) is 15.7 Å². The molecule has 1 amide bonds. The minimum Gasteiger partial charge on any atom is -0.327 e. The summed E-state index contributed by atoms with van der Waals surface area (Å²) in [6.45, 7) is 5.97. The van der Waals surface area contributed by atoms with Crippen molar-refractivity contribution in [1.82, 2.24) is 0 Å². The van der Waals surface area contributed by atoms with Crippen LogP contribution in [0.2, 0.25) is 10.0 Å². The third-order valence-corrected chi connectivity index (χ3v) is 3.84. The van der Waals surface area contributed by atoms with Gasteiger partial charge in [-0.25, -0.2) is 0 Å². The van der Waals surface area contributed by atoms with Gasteiger partial charge in [0, 0.05) is 16.9 Å². The minimum atomic E-state index is -0.236. The van der Waals surface area contributed by atoms with Crippen molar-refractivity contribution in [2.75, 3.05) is 5.32 Å². The number of benzene rings is 1. The Balaban J connectivity index is 2.79. The van der Waals surface area contributed by atoms with Gasteiger partial charge in [0.15, 0.2) is 0 Å². The van der Waals surface area contributed by atoms with Crippen LogP contribution in [0.3, 0.4) is 0 Å². The van der Waals surface area contributed by atoms with E-state index in [4.69, 9.17) is 28.9 Å². The Bertz CT molecular complexity index is 463. The summed E-state index contributed by atoms with van der Waals surface area (Å²) in [6.07, 6.45) is 0.215. The molecule has 19 heavy (non-hydrogen) atoms. The molecule has 0 heterocycles. The minimum absolute atomic E-state index is 0.134. The molecule has 0 radical (unpaired) electrons. The van der Waals surface area contributed by atoms with E-state index in [0.29, 0.717) is 15.7 Å². The molecule has 1 aromatic rings. The summed E-state index contributed by atoms with van der Waals surface area (Å²) in [6, 6.07) is 3.11. The predicted molar refractivity (Wildman–Crippen MR) is 84.8 cm³/mol. The number of hydrogen-bond donors (Lipinski definition) is 2. The zero-order chi connectivity index (χ0) is 14.8. The maximum absolute atomic E-state index is 11.9. The number of nitrogens with two attached hydrogens (primary N) is 1. The van der Waals surface area contributed by atoms with Gasteiger partial charge in [0.2, 0.25) is 5.91 Å². The highest BCUT2D eigenvalue weighted by atomic mass is 79.9. The van der Waals surface area contributed by atoms with Crippen LogP contribution in [0.4, 0.5) is 5.69 Å². The number of rotatable bonds is 3. The lowest BCUT2D eigenvalue weighted by atomic mass is 9.85. The molecule has 3 nitrogen and oxygen atoms in total. The summed E-state index contributed by atoms with van der Waals surface area (Å²) >= 11 is 15.4. The van der Waals surface area contributed by atoms with Crippen molar-refractivity contribution in [2.45, 2.75) is 33.2 Å². The van der Waals surface area contributed by atoms with Gasteiger partial charge >= 0.3 is 0 Å². The molecule has 0 saturated heterocycles. The van der Waals surface area contributed by atoms with Crippen LogP contribution in [0.1, 0.15) is 27.2 Å². The first-order valence-electron chi connectivity index (χ1n) is 5.81. The Labute approximate surface area is 132 Å². The monoisotopic (exact) mass is 366 g/mol. The van der Waals surface area contributed by atoms with Crippen LogP contribution in [0, 0.1) is 5.41 Å². The average molecular weight is 368 g/mol. The summed E-state index contributed by atoms with van der Waals surface area (Å²) < 4.78 is 0.756. The predicted octanol–water partition coefficient (Wildman–Crippen LogP) is 4.46. The molecule has 1 atom stereocenters. The van der Waals surface area contributed by atoms with E-state index in [9.17, 15) is 4.79 Å². The van der Waals surface area contributed by atoms with Crippen LogP contribution in [-0.4, -0.2) is 11.9 Å². The Morgan fingerprint density at radius 1 is 1.37 bits per heavy atom. The molecule has 1 unspecified atom stereocenters. The molecule has 1 rings (SSSR count). The van der Waals surface area contributed by atoms with Crippen molar-refractivity contribution in [3.05, 3.63) is 26.7 Å². The van der Waals surface area contributed by atoms with Gasteiger partial charge in [-0.1, -0.05) is 59.9 Å². The topological polar surface area (TPSA) is 55.1 Å². The quantitative estimate of drug-likeness (QED) is 0.828. The zero-order valence-electron chi connectivity index (χ0n) is 11.1. The van der Waals surface area contributed by atoms with E-state index in [1.54, 1.807) is 12.1 Å². The molecule has 6 heteroatoms. The Morgan fingerprint density at radius 2 is 1.84 bits per heavy atom. The highest BCUT2D eigenvalue weighted by molar-refractivity contribution is 9.10. The van der Waals surface area contributed by atoms with E-state index in [-0.39, 0.29) is 23.8 Å². The van der Waals surface area contributed by atoms with Gasteiger partial charge in [0.1, 0.15) is 0 Å². The highest BCUT2D eigenvalue weighted by Crippen LogP contribution is 2.34. The van der Waals surface area contributed by atoms with Gasteiger partial charge in [-0.3, -0.25) is 4.79 Å². The van der Waals surface area contributed by atoms with Crippen molar-refractivity contribution in [1.29, 1.82) is 0 Å². The number of anilines is 1. The standard InChI is InChI=1S/C13H17BrCl2N2O/c1-13(2,3)10(17)6-11(19)18-12-8(15)4-7(14)5-9(12)16/h4-5,10H,6,17H2,1-3H3,(H,18,19). The van der Waals surface area contributed by atoms with Crippen LogP contribution in [-0.2, 0) is 4.79 Å². The van der Waals surface area contributed by atoms with Gasteiger partial charge in [0.25, 0.3) is 0 Å². The van der Waals surface area contributed by atoms with Crippen LogP contribution in [0.15, 0.2) is 16.6 Å². The summed E-state index contributed by atoms with van der Waals surface area (Å²) in [5, 5.41) is 3.48. The van der Waals surface area contributed by atoms with Crippen molar-refractivity contribution in [3.8, 4) is 0 Å². The van der Waals surface area contributed by atoms with E-state index in [2.05, 4.69) is 21.2 Å². The molecule has 0 fully saturated rings. The summed E-state index contributed by atoms with van der Waals surface area (Å²) in [4.78, 5) is 11.9. The van der Waals surface area contributed by atoms with Crippen LogP contribution in [0.5, 0.6) is 0 Å². The lowest BCUT2D eigenvalue weighted by Gasteiger charge is -2.26. The SMILES string of the molecule is CC(C)(C)C(N)CC(=O)Nc1c(Cl)cc(Br)cc1Cl. The second-order valence-corrected chi connectivity index (χ2v) is 7.20. The first-order valence-corrected chi connectivity index (χ1v) is 7.36. The molecule has 0 saturated carbocycles. The molecule has 0 aliphatic carbocycles. The molecule has 0 aliphatic heterocycles. The number of carbonyl (C=O) groups excluding carboxylic acids is 1. The molecule has 3 N–H and O–H groups in total. The number of halogens is 3. The third kappa shape index (κ3) is 4.95. The molecule has 0 spiro atoms. The Hall–Kier alpha value is -0.290. The number of amides is 1. The van der Waals surface area contributed by atoms with Gasteiger partial charge in [-0.15, -0.1) is 0 Å². The van der Waals surface area contributed by atoms with E-state index in [0.717, 1.165) is 4.47 Å². The Morgan fingerprint density at radius 3 is 2.26 bits per heavy atom. The first-order chi connectivity index (χ1) is 8.61. The van der Waals surface area contributed by atoms with E-state index < -0.39 is 0 Å². The molecular weight excluding hydrogens is 351 g/mol. The van der Waals surface area contributed by atoms with Crippen molar-refractivity contribution < 1.29 is 4.79 Å². The fraction of sp³-hybridized carbons (Fsp3) is 0.462. The Kier molecular flexibility index (Phi) is 5.68. The maximum Gasteiger partial charge on any atom is 0.226 e. The number of hydrogen-bond acceptors (Lipinski definition) is 2. The molecular formula is C13H17BrCl2N2O. The normalized spacial score (nSPS) is 13.2. The van der Waals surface area contributed by atoms with E-state index in [1.807, 2.05) is 20.8 Å². The maximum atomic E-state index is 11.9. The highest BCUT2D eigenvalue weighted by Gasteiger charge is 2.23. The van der Waals surface area contributed by atoms with E-state index in [1.165, 1.54) is 0 Å². The first kappa shape index (κ1) is 16.8. The molecule has 106 valence electrons. The fourth-order valence-corrected chi connectivity index (χ4v) is 2.66. The molecule has 0 aromatic heterocycles. The number of carbonyl (C=O) groups is 1. The summed E-state index contributed by atoms with van der Waals surface area (Å²) in [7, 11) is 0. The second kappa shape index (κ2) is 6.44.